The summed E-state index contributed by atoms with van der Waals surface area (Å²) in [6, 6.07) is 0. The summed E-state index contributed by atoms with van der Waals surface area (Å²) in [6.07, 6.45) is 4.98. The van der Waals surface area contributed by atoms with Gasteiger partial charge in [-0.05, 0) is 25.7 Å². The number of ether oxygens (including phenoxy) is 1. The summed E-state index contributed by atoms with van der Waals surface area (Å²) in [7, 11) is 4.28. The average Bonchev–Trinajstić information content (AvgIpc) is 2.87. The second-order valence-electron chi connectivity index (χ2n) is 6.79. The van der Waals surface area contributed by atoms with Gasteiger partial charge in [0.1, 0.15) is 6.54 Å². The van der Waals surface area contributed by atoms with Crippen molar-refractivity contribution in [2.45, 2.75) is 50.7 Å². The minimum Gasteiger partial charge on any atom is -0.454 e. The summed E-state index contributed by atoms with van der Waals surface area (Å²) in [4.78, 5) is 12.1. The number of quaternary nitrogens is 1. The SMILES string of the molecule is CC(O)(C(=O)OC1CC[N+](C)(C)C1)C1CCCC1. The van der Waals surface area contributed by atoms with Gasteiger partial charge in [-0.2, -0.15) is 0 Å². The van der Waals surface area contributed by atoms with Crippen molar-refractivity contribution in [2.75, 3.05) is 27.2 Å². The highest BCUT2D eigenvalue weighted by molar-refractivity contribution is 5.79. The van der Waals surface area contributed by atoms with Crippen molar-refractivity contribution in [2.24, 2.45) is 5.92 Å². The zero-order chi connectivity index (χ0) is 13.4. The Morgan fingerprint density at radius 1 is 1.28 bits per heavy atom. The van der Waals surface area contributed by atoms with Crippen molar-refractivity contribution in [3.63, 3.8) is 0 Å². The van der Waals surface area contributed by atoms with Crippen molar-refractivity contribution in [3.8, 4) is 0 Å². The van der Waals surface area contributed by atoms with Gasteiger partial charge in [0.25, 0.3) is 0 Å². The Balaban J connectivity index is 1.91. The molecule has 1 heterocycles. The molecule has 2 aliphatic rings. The highest BCUT2D eigenvalue weighted by atomic mass is 16.6. The molecule has 104 valence electrons. The number of esters is 1. The van der Waals surface area contributed by atoms with Gasteiger partial charge in [-0.15, -0.1) is 0 Å². The molecule has 0 spiro atoms. The Hall–Kier alpha value is -0.610. The zero-order valence-corrected chi connectivity index (χ0v) is 11.8. The standard InChI is InChI=1S/C14H26NO3/c1-14(17,11-6-4-5-7-11)13(16)18-12-8-9-15(2,3)10-12/h11-12,17H,4-10H2,1-3H3/q+1. The van der Waals surface area contributed by atoms with Crippen LogP contribution in [0.3, 0.4) is 0 Å². The van der Waals surface area contributed by atoms with Crippen LogP contribution in [0, 0.1) is 5.92 Å². The molecular formula is C14H26NO3+. The number of carbonyl (C=O) groups excluding carboxylic acids is 1. The number of aliphatic hydroxyl groups is 1. The predicted molar refractivity (Wildman–Crippen MR) is 68.9 cm³/mol. The number of carbonyl (C=O) groups is 1. The van der Waals surface area contributed by atoms with Gasteiger partial charge >= 0.3 is 5.97 Å². The molecule has 4 nitrogen and oxygen atoms in total. The van der Waals surface area contributed by atoms with E-state index in [1.165, 1.54) is 0 Å². The maximum absolute atomic E-state index is 12.1. The van der Waals surface area contributed by atoms with E-state index in [1.54, 1.807) is 6.92 Å². The second-order valence-corrected chi connectivity index (χ2v) is 6.79. The van der Waals surface area contributed by atoms with E-state index in [2.05, 4.69) is 14.1 Å². The van der Waals surface area contributed by atoms with E-state index in [9.17, 15) is 9.90 Å². The summed E-state index contributed by atoms with van der Waals surface area (Å²) < 4.78 is 6.41. The zero-order valence-electron chi connectivity index (χ0n) is 11.8. The second kappa shape index (κ2) is 4.82. The van der Waals surface area contributed by atoms with Crippen LogP contribution >= 0.6 is 0 Å². The van der Waals surface area contributed by atoms with Crippen LogP contribution in [0.25, 0.3) is 0 Å². The van der Waals surface area contributed by atoms with Crippen molar-refractivity contribution >= 4 is 5.97 Å². The van der Waals surface area contributed by atoms with Crippen molar-refractivity contribution < 1.29 is 19.1 Å². The number of rotatable bonds is 3. The van der Waals surface area contributed by atoms with Gasteiger partial charge in [-0.1, -0.05) is 12.8 Å². The molecule has 1 N–H and O–H groups in total. The lowest BCUT2D eigenvalue weighted by atomic mass is 9.88. The molecule has 1 aliphatic heterocycles. The summed E-state index contributed by atoms with van der Waals surface area (Å²) in [5.41, 5.74) is -1.30. The first kappa shape index (κ1) is 13.8. The topological polar surface area (TPSA) is 46.5 Å². The third kappa shape index (κ3) is 2.86. The van der Waals surface area contributed by atoms with Crippen LogP contribution in [0.5, 0.6) is 0 Å². The van der Waals surface area contributed by atoms with Crippen LogP contribution in [0.2, 0.25) is 0 Å². The number of hydrogen-bond acceptors (Lipinski definition) is 3. The molecule has 2 rings (SSSR count). The highest BCUT2D eigenvalue weighted by Gasteiger charge is 2.44. The molecule has 1 aliphatic carbocycles. The quantitative estimate of drug-likeness (QED) is 0.612. The van der Waals surface area contributed by atoms with E-state index in [0.29, 0.717) is 0 Å². The maximum Gasteiger partial charge on any atom is 0.338 e. The van der Waals surface area contributed by atoms with E-state index >= 15 is 0 Å². The molecule has 0 radical (unpaired) electrons. The van der Waals surface area contributed by atoms with Crippen molar-refractivity contribution in [1.29, 1.82) is 0 Å². The smallest absolute Gasteiger partial charge is 0.338 e. The molecule has 2 atom stereocenters. The molecule has 2 fully saturated rings. The monoisotopic (exact) mass is 256 g/mol. The molecule has 0 aromatic heterocycles. The summed E-state index contributed by atoms with van der Waals surface area (Å²) in [5.74, 6) is -0.338. The van der Waals surface area contributed by atoms with Gasteiger partial charge in [0.15, 0.2) is 11.7 Å². The molecule has 0 bridgehead atoms. The fraction of sp³-hybridized carbons (Fsp3) is 0.929. The van der Waals surface area contributed by atoms with Gasteiger partial charge in [-0.25, -0.2) is 4.79 Å². The van der Waals surface area contributed by atoms with E-state index in [0.717, 1.165) is 49.7 Å². The van der Waals surface area contributed by atoms with E-state index in [-0.39, 0.29) is 12.0 Å². The van der Waals surface area contributed by atoms with Gasteiger partial charge in [0.05, 0.1) is 20.6 Å². The van der Waals surface area contributed by atoms with Crippen LogP contribution in [0.15, 0.2) is 0 Å². The number of nitrogens with zero attached hydrogens (tertiary/aromatic N) is 1. The first-order valence-electron chi connectivity index (χ1n) is 7.07. The van der Waals surface area contributed by atoms with Crippen molar-refractivity contribution in [3.05, 3.63) is 0 Å². The molecule has 4 heteroatoms. The van der Waals surface area contributed by atoms with Crippen LogP contribution in [-0.4, -0.2) is 54.4 Å². The first-order chi connectivity index (χ1) is 8.31. The fourth-order valence-electron chi connectivity index (χ4n) is 3.25. The van der Waals surface area contributed by atoms with E-state index in [4.69, 9.17) is 4.74 Å². The van der Waals surface area contributed by atoms with Gasteiger partial charge < -0.3 is 14.3 Å². The average molecular weight is 256 g/mol. The molecule has 18 heavy (non-hydrogen) atoms. The Morgan fingerprint density at radius 2 is 1.89 bits per heavy atom. The molecule has 1 saturated heterocycles. The van der Waals surface area contributed by atoms with E-state index in [1.807, 2.05) is 0 Å². The Morgan fingerprint density at radius 3 is 2.39 bits per heavy atom. The Bertz CT molecular complexity index is 319. The maximum atomic E-state index is 12.1. The minimum absolute atomic E-state index is 0.0274. The fourth-order valence-corrected chi connectivity index (χ4v) is 3.25. The molecule has 0 aromatic carbocycles. The lowest BCUT2D eigenvalue weighted by Crippen LogP contribution is -2.45. The number of likely N-dealkylation sites (tertiary alicyclic amines) is 1. The number of likely N-dealkylation sites (N-methyl/N-ethyl adjacent to an activating group) is 1. The van der Waals surface area contributed by atoms with Crippen LogP contribution in [0.4, 0.5) is 0 Å². The van der Waals surface area contributed by atoms with Crippen LogP contribution < -0.4 is 0 Å². The highest BCUT2D eigenvalue weighted by Crippen LogP contribution is 2.35. The largest absolute Gasteiger partial charge is 0.454 e. The Labute approximate surface area is 110 Å². The predicted octanol–water partition coefficient (Wildman–Crippen LogP) is 1.32. The summed E-state index contributed by atoms with van der Waals surface area (Å²) >= 11 is 0. The lowest BCUT2D eigenvalue weighted by Gasteiger charge is -2.29. The van der Waals surface area contributed by atoms with Crippen molar-refractivity contribution in [1.82, 2.24) is 0 Å². The minimum atomic E-state index is -1.30. The van der Waals surface area contributed by atoms with E-state index < -0.39 is 11.6 Å². The third-order valence-corrected chi connectivity index (χ3v) is 4.59. The van der Waals surface area contributed by atoms with Crippen LogP contribution in [0.1, 0.15) is 39.0 Å². The molecule has 0 aromatic rings. The summed E-state index contributed by atoms with van der Waals surface area (Å²) in [6.45, 7) is 3.51. The molecule has 1 saturated carbocycles. The molecule has 2 unspecified atom stereocenters. The normalized spacial score (nSPS) is 31.2. The summed E-state index contributed by atoms with van der Waals surface area (Å²) in [5, 5.41) is 10.4. The first-order valence-corrected chi connectivity index (χ1v) is 7.07. The lowest BCUT2D eigenvalue weighted by molar-refractivity contribution is -0.879. The molecule has 0 amide bonds. The number of hydrogen-bond donors (Lipinski definition) is 1. The van der Waals surface area contributed by atoms with Crippen LogP contribution in [-0.2, 0) is 9.53 Å². The van der Waals surface area contributed by atoms with Gasteiger partial charge in [-0.3, -0.25) is 0 Å². The third-order valence-electron chi connectivity index (χ3n) is 4.59. The van der Waals surface area contributed by atoms with Gasteiger partial charge in [0, 0.05) is 6.42 Å². The van der Waals surface area contributed by atoms with Gasteiger partial charge in [0.2, 0.25) is 0 Å². The molecular weight excluding hydrogens is 230 g/mol. The Kier molecular flexibility index (Phi) is 3.70.